The number of rotatable bonds is 4. The zero-order valence-corrected chi connectivity index (χ0v) is 8.03. The molecule has 1 aromatic carbocycles. The summed E-state index contributed by atoms with van der Waals surface area (Å²) in [6, 6.07) is 5.56. The van der Waals surface area contributed by atoms with Gasteiger partial charge in [0.2, 0.25) is 0 Å². The molecule has 1 atom stereocenters. The average Bonchev–Trinajstić information content (AvgIpc) is 2.99. The first-order valence-corrected chi connectivity index (χ1v) is 4.60. The number of ether oxygens (including phenoxy) is 2. The number of hydrogen-bond acceptors (Lipinski definition) is 3. The molecule has 1 aromatic rings. The molecule has 1 aliphatic rings. The Bertz CT molecular complexity index is 342. The summed E-state index contributed by atoms with van der Waals surface area (Å²) in [5.74, 6) is 0.640. The van der Waals surface area contributed by atoms with Crippen molar-refractivity contribution in [2.75, 3.05) is 13.2 Å². The molecule has 0 N–H and O–H groups in total. The van der Waals surface area contributed by atoms with E-state index < -0.39 is 0 Å². The molecule has 0 aromatic heterocycles. The molecule has 1 aliphatic heterocycles. The maximum absolute atomic E-state index is 10.7. The fourth-order valence-corrected chi connectivity index (χ4v) is 1.24. The Morgan fingerprint density at radius 1 is 1.64 bits per heavy atom. The Hall–Kier alpha value is -1.35. The Labute approximate surface area is 82.6 Å². The van der Waals surface area contributed by atoms with E-state index in [-0.39, 0.29) is 6.10 Å². The molecule has 0 bridgehead atoms. The minimum absolute atomic E-state index is 0.218. The molecule has 0 spiro atoms. The molecule has 3 heteroatoms. The average molecular weight is 192 g/mol. The fraction of sp³-hybridized carbons (Fsp3) is 0.364. The second-order valence-corrected chi connectivity index (χ2v) is 3.43. The van der Waals surface area contributed by atoms with Gasteiger partial charge in [-0.05, 0) is 19.1 Å². The number of epoxide rings is 1. The zero-order valence-electron chi connectivity index (χ0n) is 8.03. The minimum atomic E-state index is 0.218. The molecule has 74 valence electrons. The summed E-state index contributed by atoms with van der Waals surface area (Å²) < 4.78 is 10.5. The van der Waals surface area contributed by atoms with Gasteiger partial charge in [-0.15, -0.1) is 0 Å². The van der Waals surface area contributed by atoms with Crippen LogP contribution in [0.25, 0.3) is 0 Å². The maximum Gasteiger partial charge on any atom is 0.153 e. The van der Waals surface area contributed by atoms with Crippen LogP contribution in [0.5, 0.6) is 5.75 Å². The first-order chi connectivity index (χ1) is 6.79. The summed E-state index contributed by atoms with van der Waals surface area (Å²) in [7, 11) is 0. The fourth-order valence-electron chi connectivity index (χ4n) is 1.24. The van der Waals surface area contributed by atoms with E-state index in [1.54, 1.807) is 0 Å². The molecule has 0 saturated carbocycles. The first kappa shape index (κ1) is 9.21. The minimum Gasteiger partial charge on any atom is -0.490 e. The van der Waals surface area contributed by atoms with Crippen molar-refractivity contribution in [3.63, 3.8) is 0 Å². The van der Waals surface area contributed by atoms with Crippen molar-refractivity contribution in [1.29, 1.82) is 0 Å². The third kappa shape index (κ3) is 2.12. The van der Waals surface area contributed by atoms with E-state index in [0.29, 0.717) is 17.9 Å². The number of carbonyl (C=O) groups excluding carboxylic acids is 1. The summed E-state index contributed by atoms with van der Waals surface area (Å²) in [6.45, 7) is 3.24. The molecular formula is C11H12O3. The molecule has 3 nitrogen and oxygen atoms in total. The standard InChI is InChI=1S/C11H12O3/c1-8-2-3-11(9(4-8)5-12)14-7-10-6-13-10/h2-5,10H,6-7H2,1H3/t10-/m1/s1. The normalized spacial score (nSPS) is 19.1. The Morgan fingerprint density at radius 3 is 3.07 bits per heavy atom. The first-order valence-electron chi connectivity index (χ1n) is 4.60. The second kappa shape index (κ2) is 3.80. The lowest BCUT2D eigenvalue weighted by molar-refractivity contribution is 0.111. The van der Waals surface area contributed by atoms with Crippen LogP contribution in [0.2, 0.25) is 0 Å². The monoisotopic (exact) mass is 192 g/mol. The molecule has 0 aliphatic carbocycles. The van der Waals surface area contributed by atoms with E-state index in [9.17, 15) is 4.79 Å². The quantitative estimate of drug-likeness (QED) is 0.537. The molecule has 1 fully saturated rings. The zero-order chi connectivity index (χ0) is 9.97. The molecule has 14 heavy (non-hydrogen) atoms. The predicted molar refractivity (Wildman–Crippen MR) is 51.8 cm³/mol. The van der Waals surface area contributed by atoms with Gasteiger partial charge >= 0.3 is 0 Å². The van der Waals surface area contributed by atoms with Crippen LogP contribution in [0, 0.1) is 6.92 Å². The van der Waals surface area contributed by atoms with E-state index in [4.69, 9.17) is 9.47 Å². The third-order valence-corrected chi connectivity index (χ3v) is 2.12. The van der Waals surface area contributed by atoms with E-state index in [2.05, 4.69) is 0 Å². The highest BCUT2D eigenvalue weighted by Crippen LogP contribution is 2.20. The largest absolute Gasteiger partial charge is 0.490 e. The van der Waals surface area contributed by atoms with Crippen LogP contribution in [0.15, 0.2) is 18.2 Å². The third-order valence-electron chi connectivity index (χ3n) is 2.12. The van der Waals surface area contributed by atoms with E-state index in [1.807, 2.05) is 25.1 Å². The summed E-state index contributed by atoms with van der Waals surface area (Å²) in [4.78, 5) is 10.7. The lowest BCUT2D eigenvalue weighted by atomic mass is 10.1. The lowest BCUT2D eigenvalue weighted by Crippen LogP contribution is -2.05. The highest BCUT2D eigenvalue weighted by molar-refractivity contribution is 5.79. The van der Waals surface area contributed by atoms with Crippen molar-refractivity contribution in [3.05, 3.63) is 29.3 Å². The maximum atomic E-state index is 10.7. The van der Waals surface area contributed by atoms with Crippen LogP contribution in [0.4, 0.5) is 0 Å². The van der Waals surface area contributed by atoms with E-state index >= 15 is 0 Å². The molecule has 0 radical (unpaired) electrons. The molecule has 1 saturated heterocycles. The van der Waals surface area contributed by atoms with Crippen LogP contribution in [-0.4, -0.2) is 25.6 Å². The highest BCUT2D eigenvalue weighted by atomic mass is 16.6. The van der Waals surface area contributed by atoms with Crippen molar-refractivity contribution in [1.82, 2.24) is 0 Å². The van der Waals surface area contributed by atoms with Gasteiger partial charge < -0.3 is 9.47 Å². The topological polar surface area (TPSA) is 38.8 Å². The summed E-state index contributed by atoms with van der Waals surface area (Å²) in [5, 5.41) is 0. The van der Waals surface area contributed by atoms with Gasteiger partial charge in [-0.2, -0.15) is 0 Å². The van der Waals surface area contributed by atoms with Crippen molar-refractivity contribution in [2.45, 2.75) is 13.0 Å². The van der Waals surface area contributed by atoms with Gasteiger partial charge in [-0.25, -0.2) is 0 Å². The summed E-state index contributed by atoms with van der Waals surface area (Å²) in [5.41, 5.74) is 1.66. The Balaban J connectivity index is 2.09. The van der Waals surface area contributed by atoms with Crippen LogP contribution < -0.4 is 4.74 Å². The van der Waals surface area contributed by atoms with Gasteiger partial charge in [0.05, 0.1) is 12.2 Å². The van der Waals surface area contributed by atoms with Gasteiger partial charge in [-0.1, -0.05) is 11.6 Å². The van der Waals surface area contributed by atoms with Gasteiger partial charge in [0, 0.05) is 0 Å². The number of carbonyl (C=O) groups is 1. The predicted octanol–water partition coefficient (Wildman–Crippen LogP) is 1.59. The van der Waals surface area contributed by atoms with Crippen LogP contribution in [-0.2, 0) is 4.74 Å². The molecule has 2 rings (SSSR count). The van der Waals surface area contributed by atoms with Crippen LogP contribution in [0.3, 0.4) is 0 Å². The lowest BCUT2D eigenvalue weighted by Gasteiger charge is -2.07. The van der Waals surface area contributed by atoms with Gasteiger partial charge in [0.1, 0.15) is 18.5 Å². The number of aryl methyl sites for hydroxylation is 1. The molecule has 0 amide bonds. The molecule has 0 unspecified atom stereocenters. The molecular weight excluding hydrogens is 180 g/mol. The highest BCUT2D eigenvalue weighted by Gasteiger charge is 2.23. The number of aldehydes is 1. The summed E-state index contributed by atoms with van der Waals surface area (Å²) in [6.07, 6.45) is 1.03. The van der Waals surface area contributed by atoms with Crippen molar-refractivity contribution in [2.24, 2.45) is 0 Å². The van der Waals surface area contributed by atoms with E-state index in [1.165, 1.54) is 0 Å². The summed E-state index contributed by atoms with van der Waals surface area (Å²) >= 11 is 0. The number of benzene rings is 1. The Morgan fingerprint density at radius 2 is 2.43 bits per heavy atom. The van der Waals surface area contributed by atoms with Crippen molar-refractivity contribution >= 4 is 6.29 Å². The Kier molecular flexibility index (Phi) is 2.50. The smallest absolute Gasteiger partial charge is 0.153 e. The van der Waals surface area contributed by atoms with Gasteiger partial charge in [0.25, 0.3) is 0 Å². The second-order valence-electron chi connectivity index (χ2n) is 3.43. The van der Waals surface area contributed by atoms with Crippen molar-refractivity contribution in [3.8, 4) is 5.75 Å². The van der Waals surface area contributed by atoms with Crippen LogP contribution in [0.1, 0.15) is 15.9 Å². The van der Waals surface area contributed by atoms with E-state index in [0.717, 1.165) is 18.5 Å². The number of hydrogen-bond donors (Lipinski definition) is 0. The molecule has 1 heterocycles. The van der Waals surface area contributed by atoms with Gasteiger partial charge in [0.15, 0.2) is 6.29 Å². The van der Waals surface area contributed by atoms with Gasteiger partial charge in [-0.3, -0.25) is 4.79 Å². The van der Waals surface area contributed by atoms with Crippen LogP contribution >= 0.6 is 0 Å². The van der Waals surface area contributed by atoms with Crippen molar-refractivity contribution < 1.29 is 14.3 Å². The SMILES string of the molecule is Cc1ccc(OC[C@H]2CO2)c(C=O)c1.